The summed E-state index contributed by atoms with van der Waals surface area (Å²) in [4.78, 5) is 0. The van der Waals surface area contributed by atoms with Crippen LogP contribution in [0.1, 0.15) is 24.8 Å². The van der Waals surface area contributed by atoms with Gasteiger partial charge >= 0.3 is 0 Å². The minimum atomic E-state index is -0.352. The first-order chi connectivity index (χ1) is 8.29. The van der Waals surface area contributed by atoms with Crippen molar-refractivity contribution in [3.63, 3.8) is 0 Å². The molecule has 3 heteroatoms. The molecule has 2 unspecified atom stereocenters. The summed E-state index contributed by atoms with van der Waals surface area (Å²) in [6.45, 7) is 0.839. The molecule has 0 amide bonds. The molecule has 1 aliphatic heterocycles. The summed E-state index contributed by atoms with van der Waals surface area (Å²) in [5.74, 6) is 0.846. The summed E-state index contributed by atoms with van der Waals surface area (Å²) >= 11 is 0. The number of benzene rings is 1. The molecule has 1 saturated heterocycles. The molecule has 0 bridgehead atoms. The van der Waals surface area contributed by atoms with E-state index >= 15 is 0 Å². The zero-order valence-electron chi connectivity index (χ0n) is 10.3. The molecular weight excluding hydrogens is 216 g/mol. The Morgan fingerprint density at radius 2 is 2.29 bits per heavy atom. The van der Waals surface area contributed by atoms with Crippen molar-refractivity contribution in [2.75, 3.05) is 13.7 Å². The summed E-state index contributed by atoms with van der Waals surface area (Å²) in [6, 6.07) is 7.83. The standard InChI is InChI=1S/C14H20O3/c1-16-14-7-3-2-5-11(14)9-12(15)10-13-6-4-8-17-13/h2-3,5,7,12-13,15H,4,6,8-10H2,1H3. The zero-order chi connectivity index (χ0) is 12.1. The molecule has 1 aromatic carbocycles. The van der Waals surface area contributed by atoms with E-state index in [9.17, 15) is 5.11 Å². The summed E-state index contributed by atoms with van der Waals surface area (Å²) in [6.07, 6.45) is 3.42. The van der Waals surface area contributed by atoms with E-state index in [2.05, 4.69) is 0 Å². The van der Waals surface area contributed by atoms with E-state index in [1.807, 2.05) is 24.3 Å². The summed E-state index contributed by atoms with van der Waals surface area (Å²) in [5.41, 5.74) is 1.06. The fourth-order valence-corrected chi connectivity index (χ4v) is 2.34. The van der Waals surface area contributed by atoms with Gasteiger partial charge in [0.25, 0.3) is 0 Å². The average Bonchev–Trinajstić information content (AvgIpc) is 2.82. The molecule has 1 aromatic rings. The van der Waals surface area contributed by atoms with Gasteiger partial charge in [0, 0.05) is 13.0 Å². The molecule has 2 rings (SSSR count). The number of hydrogen-bond donors (Lipinski definition) is 1. The van der Waals surface area contributed by atoms with Gasteiger partial charge in [0.1, 0.15) is 5.75 Å². The minimum Gasteiger partial charge on any atom is -0.496 e. The maximum absolute atomic E-state index is 10.0. The fraction of sp³-hybridized carbons (Fsp3) is 0.571. The molecule has 17 heavy (non-hydrogen) atoms. The SMILES string of the molecule is COc1ccccc1CC(O)CC1CCCO1. The lowest BCUT2D eigenvalue weighted by molar-refractivity contribution is 0.0538. The zero-order valence-corrected chi connectivity index (χ0v) is 10.3. The molecule has 0 saturated carbocycles. The number of hydrogen-bond acceptors (Lipinski definition) is 3. The van der Waals surface area contributed by atoms with Crippen molar-refractivity contribution in [2.24, 2.45) is 0 Å². The Labute approximate surface area is 102 Å². The third kappa shape index (κ3) is 3.45. The lowest BCUT2D eigenvalue weighted by Crippen LogP contribution is -2.19. The molecule has 1 aliphatic rings. The van der Waals surface area contributed by atoms with Crippen molar-refractivity contribution in [1.82, 2.24) is 0 Å². The van der Waals surface area contributed by atoms with E-state index in [4.69, 9.17) is 9.47 Å². The maximum Gasteiger partial charge on any atom is 0.122 e. The van der Waals surface area contributed by atoms with E-state index in [1.165, 1.54) is 0 Å². The Morgan fingerprint density at radius 3 is 3.00 bits per heavy atom. The first kappa shape index (κ1) is 12.4. The van der Waals surface area contributed by atoms with Crippen LogP contribution in [0.4, 0.5) is 0 Å². The third-order valence-corrected chi connectivity index (χ3v) is 3.21. The van der Waals surface area contributed by atoms with Crippen LogP contribution in [0.2, 0.25) is 0 Å². The molecule has 1 heterocycles. The molecule has 94 valence electrons. The van der Waals surface area contributed by atoms with Crippen LogP contribution in [0.3, 0.4) is 0 Å². The van der Waals surface area contributed by atoms with Gasteiger partial charge in [0.05, 0.1) is 19.3 Å². The van der Waals surface area contributed by atoms with Crippen LogP contribution in [0, 0.1) is 0 Å². The Kier molecular flexibility index (Phi) is 4.40. The number of methoxy groups -OCH3 is 1. The van der Waals surface area contributed by atoms with Crippen LogP contribution < -0.4 is 4.74 Å². The maximum atomic E-state index is 10.0. The van der Waals surface area contributed by atoms with E-state index in [1.54, 1.807) is 7.11 Å². The predicted molar refractivity (Wildman–Crippen MR) is 66.3 cm³/mol. The predicted octanol–water partition coefficient (Wildman–Crippen LogP) is 2.17. The number of ether oxygens (including phenoxy) is 2. The average molecular weight is 236 g/mol. The summed E-state index contributed by atoms with van der Waals surface area (Å²) < 4.78 is 10.8. The molecule has 3 nitrogen and oxygen atoms in total. The van der Waals surface area contributed by atoms with E-state index in [0.29, 0.717) is 6.42 Å². The molecule has 0 aliphatic carbocycles. The van der Waals surface area contributed by atoms with Gasteiger partial charge in [-0.1, -0.05) is 18.2 Å². The molecule has 0 spiro atoms. The monoisotopic (exact) mass is 236 g/mol. The lowest BCUT2D eigenvalue weighted by atomic mass is 10.0. The highest BCUT2D eigenvalue weighted by molar-refractivity contribution is 5.33. The highest BCUT2D eigenvalue weighted by Gasteiger charge is 2.20. The molecule has 2 atom stereocenters. The van der Waals surface area contributed by atoms with Gasteiger partial charge in [0.15, 0.2) is 0 Å². The largest absolute Gasteiger partial charge is 0.496 e. The summed E-state index contributed by atoms with van der Waals surface area (Å²) in [7, 11) is 1.66. The van der Waals surface area contributed by atoms with Crippen molar-refractivity contribution in [2.45, 2.75) is 37.9 Å². The van der Waals surface area contributed by atoms with Gasteiger partial charge < -0.3 is 14.6 Å². The molecular formula is C14H20O3. The van der Waals surface area contributed by atoms with Crippen LogP contribution in [0.15, 0.2) is 24.3 Å². The summed E-state index contributed by atoms with van der Waals surface area (Å²) in [5, 5.41) is 10.0. The van der Waals surface area contributed by atoms with Gasteiger partial charge in [-0.3, -0.25) is 0 Å². The number of para-hydroxylation sites is 1. The van der Waals surface area contributed by atoms with Gasteiger partial charge in [-0.25, -0.2) is 0 Å². The van der Waals surface area contributed by atoms with E-state index in [-0.39, 0.29) is 12.2 Å². The van der Waals surface area contributed by atoms with Crippen molar-refractivity contribution in [3.8, 4) is 5.75 Å². The van der Waals surface area contributed by atoms with Gasteiger partial charge in [0.2, 0.25) is 0 Å². The van der Waals surface area contributed by atoms with E-state index in [0.717, 1.165) is 37.2 Å². The molecule has 0 radical (unpaired) electrons. The normalized spacial score (nSPS) is 21.4. The van der Waals surface area contributed by atoms with Gasteiger partial charge in [-0.05, 0) is 30.9 Å². The van der Waals surface area contributed by atoms with E-state index < -0.39 is 0 Å². The molecule has 1 N–H and O–H groups in total. The number of rotatable bonds is 5. The number of aliphatic hydroxyl groups is 1. The van der Waals surface area contributed by atoms with Crippen LogP contribution in [-0.2, 0) is 11.2 Å². The lowest BCUT2D eigenvalue weighted by Gasteiger charge is -2.16. The number of aliphatic hydroxyl groups excluding tert-OH is 1. The Hall–Kier alpha value is -1.06. The topological polar surface area (TPSA) is 38.7 Å². The van der Waals surface area contributed by atoms with Crippen molar-refractivity contribution >= 4 is 0 Å². The third-order valence-electron chi connectivity index (χ3n) is 3.21. The first-order valence-corrected chi connectivity index (χ1v) is 6.21. The van der Waals surface area contributed by atoms with Gasteiger partial charge in [-0.2, -0.15) is 0 Å². The van der Waals surface area contributed by atoms with Gasteiger partial charge in [-0.15, -0.1) is 0 Å². The van der Waals surface area contributed by atoms with Crippen molar-refractivity contribution in [3.05, 3.63) is 29.8 Å². The van der Waals surface area contributed by atoms with Crippen LogP contribution in [0.5, 0.6) is 5.75 Å². The minimum absolute atomic E-state index is 0.236. The van der Waals surface area contributed by atoms with Crippen molar-refractivity contribution in [1.29, 1.82) is 0 Å². The first-order valence-electron chi connectivity index (χ1n) is 6.21. The van der Waals surface area contributed by atoms with Crippen molar-refractivity contribution < 1.29 is 14.6 Å². The Morgan fingerprint density at radius 1 is 1.47 bits per heavy atom. The fourth-order valence-electron chi connectivity index (χ4n) is 2.34. The highest BCUT2D eigenvalue weighted by atomic mass is 16.5. The second-order valence-electron chi connectivity index (χ2n) is 4.54. The Balaban J connectivity index is 1.90. The Bertz CT molecular complexity index is 345. The van der Waals surface area contributed by atoms with Crippen LogP contribution in [-0.4, -0.2) is 31.0 Å². The highest BCUT2D eigenvalue weighted by Crippen LogP contribution is 2.22. The molecule has 1 fully saturated rings. The quantitative estimate of drug-likeness (QED) is 0.851. The van der Waals surface area contributed by atoms with Crippen LogP contribution >= 0.6 is 0 Å². The molecule has 0 aromatic heterocycles. The smallest absolute Gasteiger partial charge is 0.122 e. The second kappa shape index (κ2) is 6.03. The van der Waals surface area contributed by atoms with Crippen LogP contribution in [0.25, 0.3) is 0 Å². The second-order valence-corrected chi connectivity index (χ2v) is 4.54.